The van der Waals surface area contributed by atoms with Crippen LogP contribution in [0.3, 0.4) is 0 Å². The predicted molar refractivity (Wildman–Crippen MR) is 95.8 cm³/mol. The zero-order valence-electron chi connectivity index (χ0n) is 14.1. The molecule has 5 heteroatoms. The molecule has 126 valence electrons. The Bertz CT molecular complexity index is 723. The van der Waals surface area contributed by atoms with Gasteiger partial charge in [0.15, 0.2) is 0 Å². The average Bonchev–Trinajstić information content (AvgIpc) is 3.01. The van der Waals surface area contributed by atoms with Gasteiger partial charge in [-0.05, 0) is 43.7 Å². The highest BCUT2D eigenvalue weighted by Crippen LogP contribution is 2.35. The molecule has 4 nitrogen and oxygen atoms in total. The number of aromatic nitrogens is 2. The maximum atomic E-state index is 12.8. The van der Waals surface area contributed by atoms with Gasteiger partial charge in [-0.25, -0.2) is 4.98 Å². The van der Waals surface area contributed by atoms with Crippen molar-refractivity contribution in [1.29, 1.82) is 0 Å². The Hall–Kier alpha value is -1.75. The number of rotatable bonds is 4. The van der Waals surface area contributed by atoms with Crippen molar-refractivity contribution < 1.29 is 4.79 Å². The summed E-state index contributed by atoms with van der Waals surface area (Å²) in [5.74, 6) is 1.15. The number of fused-ring (bicyclic) bond motifs is 1. The first-order valence-electron chi connectivity index (χ1n) is 8.84. The number of aryl methyl sites for hydroxylation is 1. The second-order valence-corrected chi connectivity index (χ2v) is 8.16. The molecule has 4 rings (SSSR count). The number of thiazole rings is 1. The van der Waals surface area contributed by atoms with E-state index in [4.69, 9.17) is 4.98 Å². The molecule has 2 heterocycles. The van der Waals surface area contributed by atoms with Crippen LogP contribution in [0.1, 0.15) is 36.3 Å². The molecule has 2 aromatic rings. The number of amides is 1. The Morgan fingerprint density at radius 3 is 2.79 bits per heavy atom. The standard InChI is InChI=1S/C19H23N3OS/c1-22(12-13-3-2-4-13)19(23)15-5-6-17-16(11-15)21-18(24-17)14-7-9-20-10-8-14/h7-10,13,15H,2-6,11-12H2,1H3. The Morgan fingerprint density at radius 2 is 2.08 bits per heavy atom. The molecule has 0 bridgehead atoms. The van der Waals surface area contributed by atoms with Crippen molar-refractivity contribution >= 4 is 17.2 Å². The van der Waals surface area contributed by atoms with E-state index in [1.54, 1.807) is 23.7 Å². The lowest BCUT2D eigenvalue weighted by molar-refractivity contribution is -0.135. The van der Waals surface area contributed by atoms with Gasteiger partial charge in [0.25, 0.3) is 0 Å². The van der Waals surface area contributed by atoms with Gasteiger partial charge in [-0.3, -0.25) is 9.78 Å². The molecule has 0 spiro atoms. The molecule has 1 fully saturated rings. The molecule has 24 heavy (non-hydrogen) atoms. The number of nitrogens with zero attached hydrogens (tertiary/aromatic N) is 3. The summed E-state index contributed by atoms with van der Waals surface area (Å²) in [5.41, 5.74) is 2.25. The monoisotopic (exact) mass is 341 g/mol. The van der Waals surface area contributed by atoms with Crippen molar-refractivity contribution in [1.82, 2.24) is 14.9 Å². The van der Waals surface area contributed by atoms with Crippen molar-refractivity contribution in [3.05, 3.63) is 35.1 Å². The van der Waals surface area contributed by atoms with E-state index in [1.807, 2.05) is 24.1 Å². The summed E-state index contributed by atoms with van der Waals surface area (Å²) in [5, 5.41) is 1.05. The van der Waals surface area contributed by atoms with Crippen LogP contribution in [0.25, 0.3) is 10.6 Å². The maximum absolute atomic E-state index is 12.8. The topological polar surface area (TPSA) is 46.1 Å². The van der Waals surface area contributed by atoms with Gasteiger partial charge in [-0.1, -0.05) is 6.42 Å². The van der Waals surface area contributed by atoms with E-state index in [-0.39, 0.29) is 5.92 Å². The molecule has 0 N–H and O–H groups in total. The number of pyridine rings is 1. The van der Waals surface area contributed by atoms with Crippen LogP contribution in [-0.2, 0) is 17.6 Å². The number of carbonyl (C=O) groups excluding carboxylic acids is 1. The van der Waals surface area contributed by atoms with Gasteiger partial charge in [-0.15, -0.1) is 11.3 Å². The van der Waals surface area contributed by atoms with E-state index in [0.29, 0.717) is 5.91 Å². The fourth-order valence-corrected chi connectivity index (χ4v) is 4.78. The lowest BCUT2D eigenvalue weighted by Gasteiger charge is -2.32. The zero-order valence-corrected chi connectivity index (χ0v) is 14.9. The van der Waals surface area contributed by atoms with Crippen LogP contribution in [0.5, 0.6) is 0 Å². The largest absolute Gasteiger partial charge is 0.345 e. The van der Waals surface area contributed by atoms with Crippen LogP contribution in [0.4, 0.5) is 0 Å². The van der Waals surface area contributed by atoms with Crippen molar-refractivity contribution in [2.75, 3.05) is 13.6 Å². The van der Waals surface area contributed by atoms with Gasteiger partial charge in [0.2, 0.25) is 5.91 Å². The lowest BCUT2D eigenvalue weighted by atomic mass is 9.84. The van der Waals surface area contributed by atoms with Gasteiger partial charge < -0.3 is 4.90 Å². The lowest BCUT2D eigenvalue weighted by Crippen LogP contribution is -2.39. The second-order valence-electron chi connectivity index (χ2n) is 7.08. The van der Waals surface area contributed by atoms with Gasteiger partial charge in [0.05, 0.1) is 5.69 Å². The first kappa shape index (κ1) is 15.8. The first-order chi connectivity index (χ1) is 11.7. The molecular weight excluding hydrogens is 318 g/mol. The highest BCUT2D eigenvalue weighted by atomic mass is 32.1. The first-order valence-corrected chi connectivity index (χ1v) is 9.66. The van der Waals surface area contributed by atoms with E-state index in [2.05, 4.69) is 4.98 Å². The predicted octanol–water partition coefficient (Wildman–Crippen LogP) is 3.57. The molecule has 0 radical (unpaired) electrons. The highest BCUT2D eigenvalue weighted by Gasteiger charge is 2.31. The molecule has 2 aliphatic rings. The second kappa shape index (κ2) is 6.63. The smallest absolute Gasteiger partial charge is 0.225 e. The summed E-state index contributed by atoms with van der Waals surface area (Å²) in [7, 11) is 1.97. The van der Waals surface area contributed by atoms with Crippen LogP contribution in [0.2, 0.25) is 0 Å². The van der Waals surface area contributed by atoms with Crippen molar-refractivity contribution in [3.8, 4) is 10.6 Å². The molecular formula is C19H23N3OS. The zero-order chi connectivity index (χ0) is 16.5. The van der Waals surface area contributed by atoms with Crippen LogP contribution in [-0.4, -0.2) is 34.4 Å². The van der Waals surface area contributed by atoms with Gasteiger partial charge >= 0.3 is 0 Å². The average molecular weight is 341 g/mol. The SMILES string of the molecule is CN(CC1CCC1)C(=O)C1CCc2sc(-c3ccncc3)nc2C1. The molecule has 2 aliphatic carbocycles. The normalized spacial score (nSPS) is 20.3. The summed E-state index contributed by atoms with van der Waals surface area (Å²) in [6.45, 7) is 0.932. The minimum absolute atomic E-state index is 0.106. The maximum Gasteiger partial charge on any atom is 0.225 e. The minimum Gasteiger partial charge on any atom is -0.345 e. The Kier molecular flexibility index (Phi) is 4.35. The molecule has 1 amide bonds. The Balaban J connectivity index is 1.45. The molecule has 0 saturated heterocycles. The Labute approximate surface area is 146 Å². The van der Waals surface area contributed by atoms with Gasteiger partial charge in [-0.2, -0.15) is 0 Å². The third-order valence-corrected chi connectivity index (χ3v) is 6.55. The summed E-state index contributed by atoms with van der Waals surface area (Å²) in [6, 6.07) is 4.00. The van der Waals surface area contributed by atoms with Crippen molar-refractivity contribution in [3.63, 3.8) is 0 Å². The summed E-state index contributed by atoms with van der Waals surface area (Å²) in [4.78, 5) is 25.0. The Morgan fingerprint density at radius 1 is 1.29 bits per heavy atom. The third kappa shape index (κ3) is 3.09. The highest BCUT2D eigenvalue weighted by molar-refractivity contribution is 7.15. The molecule has 1 unspecified atom stereocenters. The quantitative estimate of drug-likeness (QED) is 0.854. The van der Waals surface area contributed by atoms with Crippen molar-refractivity contribution in [2.24, 2.45) is 11.8 Å². The van der Waals surface area contributed by atoms with E-state index in [9.17, 15) is 4.79 Å². The van der Waals surface area contributed by atoms with Crippen LogP contribution in [0.15, 0.2) is 24.5 Å². The van der Waals surface area contributed by atoms with Crippen LogP contribution in [0, 0.1) is 11.8 Å². The van der Waals surface area contributed by atoms with Crippen LogP contribution < -0.4 is 0 Å². The molecule has 0 aromatic carbocycles. The van der Waals surface area contributed by atoms with Gasteiger partial charge in [0.1, 0.15) is 5.01 Å². The fraction of sp³-hybridized carbons (Fsp3) is 0.526. The number of carbonyl (C=O) groups is 1. The summed E-state index contributed by atoms with van der Waals surface area (Å²) >= 11 is 1.77. The summed E-state index contributed by atoms with van der Waals surface area (Å²) in [6.07, 6.45) is 10.2. The summed E-state index contributed by atoms with van der Waals surface area (Å²) < 4.78 is 0. The fourth-order valence-electron chi connectivity index (χ4n) is 3.67. The molecule has 1 atom stereocenters. The van der Waals surface area contributed by atoms with E-state index in [0.717, 1.165) is 48.0 Å². The third-order valence-electron chi connectivity index (χ3n) is 5.35. The van der Waals surface area contributed by atoms with Gasteiger partial charge in [0, 0.05) is 48.8 Å². The van der Waals surface area contributed by atoms with E-state index in [1.165, 1.54) is 24.1 Å². The van der Waals surface area contributed by atoms with E-state index < -0.39 is 0 Å². The van der Waals surface area contributed by atoms with Crippen LogP contribution >= 0.6 is 11.3 Å². The number of hydrogen-bond donors (Lipinski definition) is 0. The molecule has 1 saturated carbocycles. The van der Waals surface area contributed by atoms with Crippen molar-refractivity contribution in [2.45, 2.75) is 38.5 Å². The molecule has 0 aliphatic heterocycles. The number of hydrogen-bond acceptors (Lipinski definition) is 4. The van der Waals surface area contributed by atoms with E-state index >= 15 is 0 Å². The minimum atomic E-state index is 0.106. The molecule has 2 aromatic heterocycles.